The van der Waals surface area contributed by atoms with Crippen LogP contribution in [0, 0.1) is 13.8 Å². The molecule has 6 rings (SSSR count). The van der Waals surface area contributed by atoms with Crippen molar-refractivity contribution in [3.63, 3.8) is 0 Å². The van der Waals surface area contributed by atoms with Crippen LogP contribution in [-0.4, -0.2) is 89.1 Å². The number of carbonyl (C=O) groups excluding carboxylic acids is 1. The predicted octanol–water partition coefficient (Wildman–Crippen LogP) is 7.07. The number of carbonyl (C=O) groups is 1. The van der Waals surface area contributed by atoms with Crippen molar-refractivity contribution in [1.29, 1.82) is 0 Å². The van der Waals surface area contributed by atoms with Crippen LogP contribution in [0.25, 0.3) is 22.0 Å². The molecule has 4 aromatic carbocycles. The highest BCUT2D eigenvalue weighted by Gasteiger charge is 2.23. The minimum atomic E-state index is -3.63. The number of benzene rings is 4. The largest absolute Gasteiger partial charge is 0.496 e. The monoisotopic (exact) mass is 764 g/mol. The number of anilines is 4. The van der Waals surface area contributed by atoms with Crippen molar-refractivity contribution in [2.75, 3.05) is 74.8 Å². The molecule has 55 heavy (non-hydrogen) atoms. The zero-order valence-electron chi connectivity index (χ0n) is 32.4. The van der Waals surface area contributed by atoms with E-state index in [9.17, 15) is 13.2 Å². The zero-order chi connectivity index (χ0) is 39.5. The summed E-state index contributed by atoms with van der Waals surface area (Å²) in [6.45, 7) is 18.8. The molecule has 0 unspecified atom stereocenters. The number of amides is 1. The summed E-state index contributed by atoms with van der Waals surface area (Å²) in [5, 5.41) is 3.81. The second-order valence-corrected chi connectivity index (χ2v) is 16.4. The van der Waals surface area contributed by atoms with E-state index in [0.29, 0.717) is 48.3 Å². The van der Waals surface area contributed by atoms with E-state index < -0.39 is 10.0 Å². The van der Waals surface area contributed by atoms with E-state index in [2.05, 4.69) is 19.8 Å². The fourth-order valence-electron chi connectivity index (χ4n) is 6.52. The summed E-state index contributed by atoms with van der Waals surface area (Å²) < 4.78 is 43.6. The average Bonchev–Trinajstić information content (AvgIpc) is 3.14. The molecule has 13 heteroatoms. The van der Waals surface area contributed by atoms with E-state index >= 15 is 0 Å². The first-order valence-corrected chi connectivity index (χ1v) is 19.9. The second-order valence-electron chi connectivity index (χ2n) is 14.7. The fourth-order valence-corrected chi connectivity index (χ4v) is 7.07. The van der Waals surface area contributed by atoms with E-state index in [0.717, 1.165) is 64.7 Å². The second kappa shape index (κ2) is 16.2. The number of nitrogens with one attached hydrogen (secondary N) is 2. The molecule has 0 saturated carbocycles. The first-order chi connectivity index (χ1) is 26.1. The van der Waals surface area contributed by atoms with Crippen LogP contribution in [0.4, 0.5) is 23.0 Å². The van der Waals surface area contributed by atoms with Gasteiger partial charge in [0, 0.05) is 62.0 Å². The van der Waals surface area contributed by atoms with E-state index in [-0.39, 0.29) is 22.8 Å². The topological polar surface area (TPSA) is 135 Å². The van der Waals surface area contributed by atoms with Gasteiger partial charge in [0.1, 0.15) is 5.75 Å². The Morgan fingerprint density at radius 3 is 2.42 bits per heavy atom. The quantitative estimate of drug-likeness (QED) is 0.136. The van der Waals surface area contributed by atoms with Crippen LogP contribution in [0.1, 0.15) is 47.8 Å². The number of hydrogen-bond donors (Lipinski definition) is 2. The molecule has 1 saturated heterocycles. The first kappa shape index (κ1) is 39.5. The van der Waals surface area contributed by atoms with Crippen LogP contribution >= 0.6 is 0 Å². The van der Waals surface area contributed by atoms with Gasteiger partial charge in [-0.05, 0) is 82.6 Å². The number of nitrogens with zero attached hydrogens (tertiary/aromatic N) is 4. The maximum Gasteiger partial charge on any atom is 0.255 e. The molecule has 1 aliphatic rings. The van der Waals surface area contributed by atoms with Crippen molar-refractivity contribution in [3.05, 3.63) is 102 Å². The third kappa shape index (κ3) is 9.35. The molecule has 2 N–H and O–H groups in total. The smallest absolute Gasteiger partial charge is 0.255 e. The van der Waals surface area contributed by atoms with Gasteiger partial charge < -0.3 is 24.4 Å². The van der Waals surface area contributed by atoms with Crippen LogP contribution in [-0.2, 0) is 20.2 Å². The Morgan fingerprint density at radius 2 is 1.73 bits per heavy atom. The van der Waals surface area contributed by atoms with Gasteiger partial charge in [-0.3, -0.25) is 14.4 Å². The number of ether oxygens (including phenoxy) is 3. The third-order valence-electron chi connectivity index (χ3n) is 9.59. The van der Waals surface area contributed by atoms with E-state index in [1.54, 1.807) is 19.2 Å². The van der Waals surface area contributed by atoms with Crippen molar-refractivity contribution >= 4 is 49.8 Å². The molecule has 2 heterocycles. The highest BCUT2D eigenvalue weighted by Crippen LogP contribution is 2.40. The number of fused-ring (bicyclic) bond motifs is 1. The summed E-state index contributed by atoms with van der Waals surface area (Å²) in [5.74, 6) is 0.970. The van der Waals surface area contributed by atoms with E-state index in [4.69, 9.17) is 31.1 Å². The molecule has 288 valence electrons. The number of hydrogen-bond acceptors (Lipinski definition) is 10. The molecule has 12 nitrogen and oxygen atoms in total. The normalized spacial score (nSPS) is 13.7. The van der Waals surface area contributed by atoms with Gasteiger partial charge in [0.05, 0.1) is 50.6 Å². The first-order valence-electron chi connectivity index (χ1n) is 18.0. The number of morpholine rings is 1. The van der Waals surface area contributed by atoms with Gasteiger partial charge in [0.2, 0.25) is 16.0 Å². The molecule has 0 bridgehead atoms. The van der Waals surface area contributed by atoms with Crippen molar-refractivity contribution in [1.82, 2.24) is 14.9 Å². The molecular formula is C42H48N6O6S. The third-order valence-corrected chi connectivity index (χ3v) is 10.2. The van der Waals surface area contributed by atoms with Crippen LogP contribution in [0.3, 0.4) is 0 Å². The Kier molecular flexibility index (Phi) is 11.6. The maximum absolute atomic E-state index is 13.8. The summed E-state index contributed by atoms with van der Waals surface area (Å²) in [4.78, 5) is 28.1. The van der Waals surface area contributed by atoms with Gasteiger partial charge in [-0.1, -0.05) is 39.0 Å². The zero-order valence-corrected chi connectivity index (χ0v) is 33.2. The number of aryl methyl sites for hydroxylation is 1. The van der Waals surface area contributed by atoms with Crippen LogP contribution in [0.5, 0.6) is 11.5 Å². The van der Waals surface area contributed by atoms with Gasteiger partial charge in [-0.15, -0.1) is 0 Å². The van der Waals surface area contributed by atoms with Crippen LogP contribution in [0.2, 0.25) is 0 Å². The standard InChI is InChI=1S/C42H48N6O6S/c1-27-9-11-30(40(49)44-36-23-32(42(3,4)5)24-37(39(36)53-7)46-55(8,50)51)22-34(27)29-12-14-35-31(21-29)26-43-41(45-35)48(16-15-47-17-19-54-20-18-47)33-13-10-28(2)38(25-33)52-6/h2,9-14,21-26,46H,15-20H2,1,3-8H3,(H,44,49). The van der Waals surface area contributed by atoms with Crippen molar-refractivity contribution in [3.8, 4) is 22.6 Å². The highest BCUT2D eigenvalue weighted by molar-refractivity contribution is 7.92. The van der Waals surface area contributed by atoms with Gasteiger partial charge >= 0.3 is 0 Å². The van der Waals surface area contributed by atoms with Gasteiger partial charge in [0.25, 0.3) is 5.91 Å². The summed E-state index contributed by atoms with van der Waals surface area (Å²) in [6.07, 6.45) is 2.89. The molecular weight excluding hydrogens is 717 g/mol. The van der Waals surface area contributed by atoms with Crippen molar-refractivity contribution < 1.29 is 27.4 Å². The van der Waals surface area contributed by atoms with Gasteiger partial charge in [0.15, 0.2) is 5.75 Å². The number of sulfonamides is 1. The Balaban J connectivity index is 1.30. The van der Waals surface area contributed by atoms with Crippen molar-refractivity contribution in [2.45, 2.75) is 33.1 Å². The molecule has 0 aliphatic carbocycles. The van der Waals surface area contributed by atoms with Crippen LogP contribution in [0.15, 0.2) is 72.9 Å². The highest BCUT2D eigenvalue weighted by atomic mass is 32.2. The molecule has 5 aromatic rings. The number of aromatic nitrogens is 2. The lowest BCUT2D eigenvalue weighted by molar-refractivity contribution is 0.0394. The molecule has 1 aromatic heterocycles. The Hall–Kier alpha value is -5.24. The fraction of sp³-hybridized carbons (Fsp3) is 0.333. The summed E-state index contributed by atoms with van der Waals surface area (Å²) in [5.41, 5.74) is 6.41. The minimum Gasteiger partial charge on any atom is -0.496 e. The minimum absolute atomic E-state index is 0.211. The number of methoxy groups -OCH3 is 2. The maximum atomic E-state index is 13.8. The van der Waals surface area contributed by atoms with Crippen LogP contribution < -0.4 is 24.4 Å². The van der Waals surface area contributed by atoms with Gasteiger partial charge in [-0.25, -0.2) is 18.4 Å². The number of rotatable bonds is 12. The molecule has 1 fully saturated rings. The molecule has 0 spiro atoms. The lowest BCUT2D eigenvalue weighted by Gasteiger charge is -2.30. The SMILES string of the molecule is [CH]c1ccc(N(CCN2CCOCC2)c2ncc3cc(-c4cc(C(=O)Nc5cc(C(C)(C)C)cc(NS(C)(=O)=O)c5OC)ccc4C)ccc3n2)cc1OC. The van der Waals surface area contributed by atoms with E-state index in [1.807, 2.05) is 88.5 Å². The molecule has 0 atom stereocenters. The Labute approximate surface area is 323 Å². The summed E-state index contributed by atoms with van der Waals surface area (Å²) in [6, 6.07) is 20.7. The lowest BCUT2D eigenvalue weighted by atomic mass is 9.86. The Morgan fingerprint density at radius 1 is 0.982 bits per heavy atom. The predicted molar refractivity (Wildman–Crippen MR) is 218 cm³/mol. The summed E-state index contributed by atoms with van der Waals surface area (Å²) >= 11 is 0. The van der Waals surface area contributed by atoms with Crippen molar-refractivity contribution in [2.24, 2.45) is 0 Å². The Bertz CT molecular complexity index is 2320. The average molecular weight is 765 g/mol. The molecule has 2 radical (unpaired) electrons. The summed E-state index contributed by atoms with van der Waals surface area (Å²) in [7, 11) is -0.593. The molecule has 1 amide bonds. The molecule has 1 aliphatic heterocycles. The van der Waals surface area contributed by atoms with E-state index in [1.165, 1.54) is 7.11 Å². The lowest BCUT2D eigenvalue weighted by Crippen LogP contribution is -2.40. The van der Waals surface area contributed by atoms with Gasteiger partial charge in [-0.2, -0.15) is 0 Å².